The van der Waals surface area contributed by atoms with Crippen LogP contribution in [0.25, 0.3) is 0 Å². The lowest BCUT2D eigenvalue weighted by Gasteiger charge is -2.52. The fraction of sp³-hybridized carbons (Fsp3) is 0.481. The van der Waals surface area contributed by atoms with Crippen molar-refractivity contribution in [3.8, 4) is 17.6 Å². The van der Waals surface area contributed by atoms with E-state index in [1.54, 1.807) is 7.11 Å². The van der Waals surface area contributed by atoms with Gasteiger partial charge in [-0.3, -0.25) is 0 Å². The van der Waals surface area contributed by atoms with Crippen molar-refractivity contribution in [1.82, 2.24) is 0 Å². The Labute approximate surface area is 174 Å². The Morgan fingerprint density at radius 2 is 1.86 bits per heavy atom. The summed E-state index contributed by atoms with van der Waals surface area (Å²) in [5.41, 5.74) is 2.99. The van der Waals surface area contributed by atoms with Gasteiger partial charge in [-0.15, -0.1) is 0 Å². The third-order valence-corrected chi connectivity index (χ3v) is 8.27. The van der Waals surface area contributed by atoms with Gasteiger partial charge in [0.2, 0.25) is 0 Å². The molecule has 2 fully saturated rings. The van der Waals surface area contributed by atoms with Crippen molar-refractivity contribution in [2.75, 3.05) is 7.11 Å². The predicted molar refractivity (Wildman–Crippen MR) is 116 cm³/mol. The summed E-state index contributed by atoms with van der Waals surface area (Å²) in [4.78, 5) is 0. The zero-order valence-electron chi connectivity index (χ0n) is 17.4. The highest BCUT2D eigenvalue weighted by molar-refractivity contribution is 5.42. The van der Waals surface area contributed by atoms with Crippen molar-refractivity contribution < 1.29 is 9.84 Å². The third kappa shape index (κ3) is 2.90. The second kappa shape index (κ2) is 6.92. The molecule has 0 spiro atoms. The summed E-state index contributed by atoms with van der Waals surface area (Å²) in [6.45, 7) is 2.31. The van der Waals surface area contributed by atoms with E-state index in [2.05, 4.69) is 37.0 Å². The number of ether oxygens (including phenoxy) is 1. The number of aryl methyl sites for hydroxylation is 1. The number of hydrogen-bond acceptors (Lipinski definition) is 2. The Morgan fingerprint density at radius 1 is 1.03 bits per heavy atom. The van der Waals surface area contributed by atoms with Crippen molar-refractivity contribution in [3.63, 3.8) is 0 Å². The molecule has 3 aliphatic carbocycles. The fourth-order valence-electron chi connectivity index (χ4n) is 6.60. The Kier molecular flexibility index (Phi) is 4.48. The van der Waals surface area contributed by atoms with Crippen LogP contribution >= 0.6 is 0 Å². The van der Waals surface area contributed by atoms with Crippen molar-refractivity contribution in [2.45, 2.75) is 57.0 Å². The standard InChI is InChI=1S/C27H30O2/c1-26-15-13-23-22-11-9-21(29-2)18-20(22)8-10-24(23)25(26)14-17-27(26,28)16-12-19-6-4-3-5-7-19/h3-7,9,11,18,23-25,28H,8,10,13-15,17H2,1-2H3/t23-,24-,25+,26+,27+/m1/s1. The van der Waals surface area contributed by atoms with Crippen LogP contribution in [0.5, 0.6) is 5.75 Å². The number of aliphatic hydroxyl groups is 1. The maximum atomic E-state index is 11.7. The molecule has 0 unspecified atom stereocenters. The van der Waals surface area contributed by atoms with Crippen LogP contribution in [0.2, 0.25) is 0 Å². The molecule has 0 aliphatic heterocycles. The Bertz CT molecular complexity index is 969. The topological polar surface area (TPSA) is 29.5 Å². The highest BCUT2D eigenvalue weighted by Gasteiger charge is 2.61. The van der Waals surface area contributed by atoms with Gasteiger partial charge in [0.05, 0.1) is 7.11 Å². The van der Waals surface area contributed by atoms with E-state index in [1.165, 1.54) is 17.5 Å². The normalized spacial score (nSPS) is 34.9. The van der Waals surface area contributed by atoms with Gasteiger partial charge in [0.15, 0.2) is 0 Å². The van der Waals surface area contributed by atoms with E-state index in [9.17, 15) is 5.11 Å². The molecule has 0 bridgehead atoms. The summed E-state index contributed by atoms with van der Waals surface area (Å²) in [5, 5.41) is 11.7. The van der Waals surface area contributed by atoms with Crippen molar-refractivity contribution in [2.24, 2.45) is 17.3 Å². The average Bonchev–Trinajstić information content (AvgIpc) is 3.03. The number of fused-ring (bicyclic) bond motifs is 5. The van der Waals surface area contributed by atoms with Crippen LogP contribution in [0.1, 0.15) is 61.6 Å². The summed E-state index contributed by atoms with van der Waals surface area (Å²) in [6.07, 6.45) is 6.41. The fourth-order valence-corrected chi connectivity index (χ4v) is 6.60. The van der Waals surface area contributed by atoms with E-state index in [4.69, 9.17) is 4.74 Å². The van der Waals surface area contributed by atoms with E-state index in [-0.39, 0.29) is 5.41 Å². The molecule has 2 saturated carbocycles. The van der Waals surface area contributed by atoms with Crippen molar-refractivity contribution in [1.29, 1.82) is 0 Å². The van der Waals surface area contributed by atoms with Crippen LogP contribution in [-0.2, 0) is 6.42 Å². The first-order valence-corrected chi connectivity index (χ1v) is 11.0. The second-order valence-electron chi connectivity index (χ2n) is 9.45. The number of hydrogen-bond donors (Lipinski definition) is 1. The number of methoxy groups -OCH3 is 1. The molecule has 5 rings (SSSR count). The van der Waals surface area contributed by atoms with Gasteiger partial charge in [-0.2, -0.15) is 0 Å². The maximum Gasteiger partial charge on any atom is 0.131 e. The van der Waals surface area contributed by atoms with Gasteiger partial charge < -0.3 is 9.84 Å². The number of rotatable bonds is 1. The summed E-state index contributed by atoms with van der Waals surface area (Å²) in [5.74, 6) is 9.39. The maximum absolute atomic E-state index is 11.7. The van der Waals surface area contributed by atoms with Gasteiger partial charge in [0.25, 0.3) is 0 Å². The first-order valence-electron chi connectivity index (χ1n) is 11.0. The average molecular weight is 387 g/mol. The molecule has 2 nitrogen and oxygen atoms in total. The largest absolute Gasteiger partial charge is 0.497 e. The first-order chi connectivity index (χ1) is 14.0. The van der Waals surface area contributed by atoms with Crippen LogP contribution in [-0.4, -0.2) is 17.8 Å². The summed E-state index contributed by atoms with van der Waals surface area (Å²) < 4.78 is 5.44. The van der Waals surface area contributed by atoms with E-state index in [1.807, 2.05) is 30.3 Å². The molecular weight excluding hydrogens is 356 g/mol. The minimum Gasteiger partial charge on any atom is -0.497 e. The Morgan fingerprint density at radius 3 is 2.66 bits per heavy atom. The molecule has 0 radical (unpaired) electrons. The summed E-state index contributed by atoms with van der Waals surface area (Å²) >= 11 is 0. The summed E-state index contributed by atoms with van der Waals surface area (Å²) in [7, 11) is 1.75. The smallest absolute Gasteiger partial charge is 0.131 e. The van der Waals surface area contributed by atoms with Crippen LogP contribution in [0.15, 0.2) is 48.5 Å². The molecule has 0 amide bonds. The zero-order chi connectivity index (χ0) is 20.1. The van der Waals surface area contributed by atoms with Crippen LogP contribution < -0.4 is 4.74 Å². The van der Waals surface area contributed by atoms with E-state index in [0.29, 0.717) is 17.8 Å². The molecule has 0 heterocycles. The Hall–Kier alpha value is -2.24. The van der Waals surface area contributed by atoms with Gasteiger partial charge in [-0.1, -0.05) is 43.0 Å². The monoisotopic (exact) mass is 386 g/mol. The molecule has 5 atom stereocenters. The minimum absolute atomic E-state index is 0.111. The van der Waals surface area contributed by atoms with Crippen LogP contribution in [0.4, 0.5) is 0 Å². The van der Waals surface area contributed by atoms with Crippen molar-refractivity contribution in [3.05, 3.63) is 65.2 Å². The molecule has 2 aromatic carbocycles. The quantitative estimate of drug-likeness (QED) is 0.671. The highest BCUT2D eigenvalue weighted by Crippen LogP contribution is 2.64. The molecule has 3 aliphatic rings. The summed E-state index contributed by atoms with van der Waals surface area (Å²) in [6, 6.07) is 16.7. The highest BCUT2D eigenvalue weighted by atomic mass is 16.5. The van der Waals surface area contributed by atoms with Gasteiger partial charge in [-0.25, -0.2) is 0 Å². The predicted octanol–water partition coefficient (Wildman–Crippen LogP) is 5.33. The van der Waals surface area contributed by atoms with Gasteiger partial charge in [0, 0.05) is 11.0 Å². The molecule has 1 N–H and O–H groups in total. The van der Waals surface area contributed by atoms with Crippen LogP contribution in [0.3, 0.4) is 0 Å². The van der Waals surface area contributed by atoms with Gasteiger partial charge in [-0.05, 0) is 91.7 Å². The zero-order valence-corrected chi connectivity index (χ0v) is 17.4. The SMILES string of the molecule is COc1ccc2c(c1)CC[C@@H]1[C@@H]2CC[C@@]2(C)[C@H]1CC[C@@]2(O)C#Cc1ccccc1. The third-order valence-electron chi connectivity index (χ3n) is 8.27. The van der Waals surface area contributed by atoms with Crippen LogP contribution in [0, 0.1) is 29.1 Å². The van der Waals surface area contributed by atoms with E-state index in [0.717, 1.165) is 43.4 Å². The van der Waals surface area contributed by atoms with Crippen molar-refractivity contribution >= 4 is 0 Å². The molecular formula is C27H30O2. The van der Waals surface area contributed by atoms with Gasteiger partial charge in [0.1, 0.15) is 11.4 Å². The lowest BCUT2D eigenvalue weighted by molar-refractivity contribution is -0.0647. The lowest BCUT2D eigenvalue weighted by atomic mass is 9.53. The molecule has 29 heavy (non-hydrogen) atoms. The molecule has 150 valence electrons. The first kappa shape index (κ1) is 18.8. The second-order valence-corrected chi connectivity index (χ2v) is 9.45. The molecule has 2 heteroatoms. The number of benzene rings is 2. The molecule has 2 aromatic rings. The lowest BCUT2D eigenvalue weighted by Crippen LogP contribution is -2.50. The molecule has 0 aromatic heterocycles. The Balaban J connectivity index is 1.44. The molecule has 0 saturated heterocycles. The van der Waals surface area contributed by atoms with E-state index < -0.39 is 5.60 Å². The van der Waals surface area contributed by atoms with Gasteiger partial charge >= 0.3 is 0 Å². The van der Waals surface area contributed by atoms with E-state index >= 15 is 0 Å². The minimum atomic E-state index is -0.876.